The molecule has 0 radical (unpaired) electrons. The lowest BCUT2D eigenvalue weighted by atomic mass is 11.1. The van der Waals surface area contributed by atoms with Gasteiger partial charge in [0.15, 0.2) is 6.33 Å². The van der Waals surface area contributed by atoms with Crippen molar-refractivity contribution in [2.75, 3.05) is 0 Å². The second kappa shape index (κ2) is 9.04. The first-order valence-electron chi connectivity index (χ1n) is 0.885. The van der Waals surface area contributed by atoms with Crippen molar-refractivity contribution in [3.63, 3.8) is 0 Å². The van der Waals surface area contributed by atoms with Crippen molar-refractivity contribution in [3.05, 3.63) is 12.4 Å². The van der Waals surface area contributed by atoms with E-state index in [0.717, 1.165) is 0 Å². The molecular weight excluding hydrogens is 119 g/mol. The van der Waals surface area contributed by atoms with Gasteiger partial charge in [-0.1, -0.05) is 0 Å². The third-order valence-corrected chi connectivity index (χ3v) is 0.0825. The lowest BCUT2D eigenvalue weighted by molar-refractivity contribution is 0.400. The first-order chi connectivity index (χ1) is 2.27. The van der Waals surface area contributed by atoms with Crippen molar-refractivity contribution >= 4 is 0 Å². The maximum atomic E-state index is 10.2. The molecule has 0 amide bonds. The van der Waals surface area contributed by atoms with Crippen molar-refractivity contribution in [1.29, 1.82) is 0 Å². The minimum Gasteiger partial charge on any atom is -0.269 e. The smallest absolute Gasteiger partial charge is 0.269 e. The third-order valence-electron chi connectivity index (χ3n) is 0.0825. The van der Waals surface area contributed by atoms with Crippen LogP contribution in [-0.2, 0) is 0 Å². The van der Waals surface area contributed by atoms with Crippen LogP contribution in [0.25, 0.3) is 0 Å². The maximum Gasteiger partial charge on any atom is 0.298 e. The van der Waals surface area contributed by atoms with Gasteiger partial charge in [-0.2, -0.15) is 8.78 Å². The molecule has 0 aromatic rings. The lowest BCUT2D eigenvalue weighted by Crippen LogP contribution is -1.42. The Hall–Kier alpha value is -0.610. The summed E-state index contributed by atoms with van der Waals surface area (Å²) in [5.74, 6) is 0. The van der Waals surface area contributed by atoms with Gasteiger partial charge in [0.25, 0.3) is 6.08 Å². The molecule has 0 rings (SSSR count). The van der Waals surface area contributed by atoms with Gasteiger partial charge in [-0.3, -0.25) is 9.41 Å². The van der Waals surface area contributed by atoms with Gasteiger partial charge >= 0.3 is 0 Å². The van der Waals surface area contributed by atoms with Gasteiger partial charge in [-0.15, -0.1) is 0 Å². The minimum atomic E-state index is -2.29. The van der Waals surface area contributed by atoms with E-state index in [2.05, 4.69) is 0 Å². The van der Waals surface area contributed by atoms with Gasteiger partial charge in [0, 0.05) is 0 Å². The molecular formula is C2H3F5. The standard InChI is InChI=1S/C2HF3.2FH/c3-1-2(4)5;;/h1H;2*1H. The Kier molecular flexibility index (Phi) is 20.9. The summed E-state index contributed by atoms with van der Waals surface area (Å²) in [4.78, 5) is 0. The van der Waals surface area contributed by atoms with Crippen molar-refractivity contribution in [2.45, 2.75) is 0 Å². The molecule has 0 aromatic heterocycles. The monoisotopic (exact) mass is 122 g/mol. The summed E-state index contributed by atoms with van der Waals surface area (Å²) < 4.78 is 30.7. The molecule has 0 aromatic carbocycles. The number of rotatable bonds is 0. The van der Waals surface area contributed by atoms with E-state index < -0.39 is 12.4 Å². The summed E-state index contributed by atoms with van der Waals surface area (Å²) >= 11 is 0. The van der Waals surface area contributed by atoms with E-state index in [4.69, 9.17) is 0 Å². The Morgan fingerprint density at radius 2 is 1.29 bits per heavy atom. The second-order valence-electron chi connectivity index (χ2n) is 0.399. The quantitative estimate of drug-likeness (QED) is 0.431. The highest BCUT2D eigenvalue weighted by atomic mass is 19.3. The van der Waals surface area contributed by atoms with Crippen LogP contribution in [0.2, 0.25) is 0 Å². The van der Waals surface area contributed by atoms with Crippen molar-refractivity contribution in [2.24, 2.45) is 0 Å². The van der Waals surface area contributed by atoms with E-state index in [0.29, 0.717) is 0 Å². The molecule has 0 bridgehead atoms. The highest BCUT2D eigenvalue weighted by Gasteiger charge is 1.78. The number of hydrogen-bond donors (Lipinski definition) is 0. The highest BCUT2D eigenvalue weighted by Crippen LogP contribution is 1.93. The summed E-state index contributed by atoms with van der Waals surface area (Å²) in [6, 6.07) is 0. The molecule has 0 fully saturated rings. The van der Waals surface area contributed by atoms with Gasteiger partial charge in [0.2, 0.25) is 0 Å². The molecule has 0 nitrogen and oxygen atoms in total. The molecule has 7 heavy (non-hydrogen) atoms. The Balaban J connectivity index is -0.0000000800. The average Bonchev–Trinajstić information content (AvgIpc) is 1.38. The van der Waals surface area contributed by atoms with E-state index >= 15 is 0 Å². The molecule has 5 heteroatoms. The van der Waals surface area contributed by atoms with Gasteiger partial charge in [0.1, 0.15) is 0 Å². The largest absolute Gasteiger partial charge is 0.298 e. The lowest BCUT2D eigenvalue weighted by Gasteiger charge is -1.59. The summed E-state index contributed by atoms with van der Waals surface area (Å²) in [6.45, 7) is 0. The zero-order valence-electron chi connectivity index (χ0n) is 3.03. The Labute approximate surface area is 36.4 Å². The number of hydrogen-bond acceptors (Lipinski definition) is 0. The van der Waals surface area contributed by atoms with Crippen LogP contribution in [0.3, 0.4) is 0 Å². The molecule has 0 unspecified atom stereocenters. The van der Waals surface area contributed by atoms with E-state index in [1.807, 2.05) is 0 Å². The van der Waals surface area contributed by atoms with Crippen LogP contribution in [0.4, 0.5) is 22.6 Å². The van der Waals surface area contributed by atoms with Gasteiger partial charge in [-0.05, 0) is 0 Å². The first kappa shape index (κ1) is 16.2. The van der Waals surface area contributed by atoms with Crippen LogP contribution in [0.15, 0.2) is 12.4 Å². The predicted octanol–water partition coefficient (Wildman–Crippen LogP) is 2.00. The summed E-state index contributed by atoms with van der Waals surface area (Å²) in [5.41, 5.74) is 0. The Morgan fingerprint density at radius 3 is 1.29 bits per heavy atom. The van der Waals surface area contributed by atoms with Crippen LogP contribution in [-0.4, -0.2) is 0 Å². The van der Waals surface area contributed by atoms with Crippen LogP contribution in [0.1, 0.15) is 0 Å². The van der Waals surface area contributed by atoms with Crippen molar-refractivity contribution in [1.82, 2.24) is 0 Å². The van der Waals surface area contributed by atoms with Gasteiger partial charge in [-0.25, -0.2) is 4.39 Å². The maximum absolute atomic E-state index is 10.2. The molecule has 0 N–H and O–H groups in total. The molecule has 0 aliphatic carbocycles. The molecule has 46 valence electrons. The molecule has 0 aliphatic heterocycles. The summed E-state index contributed by atoms with van der Waals surface area (Å²) in [7, 11) is 0. The predicted molar refractivity (Wildman–Crippen MR) is 16.4 cm³/mol. The molecule has 0 aliphatic rings. The minimum absolute atomic E-state index is 0. The van der Waals surface area contributed by atoms with Crippen LogP contribution in [0, 0.1) is 0 Å². The van der Waals surface area contributed by atoms with Gasteiger partial charge < -0.3 is 0 Å². The summed E-state index contributed by atoms with van der Waals surface area (Å²) in [6.07, 6.45) is -3.04. The zero-order chi connectivity index (χ0) is 4.28. The normalized spacial score (nSPS) is 5.00. The van der Waals surface area contributed by atoms with Crippen molar-refractivity contribution < 1.29 is 22.6 Å². The SMILES string of the molecule is F.F.FC=C(F)F. The van der Waals surface area contributed by atoms with E-state index in [9.17, 15) is 13.2 Å². The fraction of sp³-hybridized carbons (Fsp3) is 0. The van der Waals surface area contributed by atoms with E-state index in [-0.39, 0.29) is 9.41 Å². The molecule has 0 atom stereocenters. The fourth-order valence-electron chi connectivity index (χ4n) is 0. The summed E-state index contributed by atoms with van der Waals surface area (Å²) in [5, 5.41) is 0. The first-order valence-corrected chi connectivity index (χ1v) is 0.885. The van der Waals surface area contributed by atoms with Gasteiger partial charge in [0.05, 0.1) is 0 Å². The Morgan fingerprint density at radius 1 is 1.14 bits per heavy atom. The van der Waals surface area contributed by atoms with Crippen LogP contribution >= 0.6 is 0 Å². The number of halogens is 5. The molecule has 0 heterocycles. The van der Waals surface area contributed by atoms with E-state index in [1.165, 1.54) is 0 Å². The highest BCUT2D eigenvalue weighted by molar-refractivity contribution is 4.66. The average molecular weight is 122 g/mol. The topological polar surface area (TPSA) is 0 Å². The molecule has 0 saturated carbocycles. The van der Waals surface area contributed by atoms with Crippen molar-refractivity contribution in [3.8, 4) is 0 Å². The van der Waals surface area contributed by atoms with Crippen LogP contribution < -0.4 is 0 Å². The Bertz CT molecular complexity index is 44.0. The van der Waals surface area contributed by atoms with E-state index in [1.54, 1.807) is 0 Å². The second-order valence-corrected chi connectivity index (χ2v) is 0.399. The third kappa shape index (κ3) is 32.1. The molecule has 0 saturated heterocycles. The fourth-order valence-corrected chi connectivity index (χ4v) is 0. The zero-order valence-corrected chi connectivity index (χ0v) is 3.03. The molecule has 0 spiro atoms. The van der Waals surface area contributed by atoms with Crippen LogP contribution in [0.5, 0.6) is 0 Å².